The SMILES string of the molecule is CC(C)C(NC(=O)C1CCCC1)C(=O)N1CCN(C(=O)Cc2ccccc2)C(C)C1. The number of nitrogens with one attached hydrogen (secondary N) is 1. The van der Waals surface area contributed by atoms with Crippen molar-refractivity contribution in [1.82, 2.24) is 15.1 Å². The van der Waals surface area contributed by atoms with Crippen molar-refractivity contribution in [2.24, 2.45) is 11.8 Å². The summed E-state index contributed by atoms with van der Waals surface area (Å²) < 4.78 is 0. The molecule has 2 fully saturated rings. The normalized spacial score (nSPS) is 21.0. The van der Waals surface area contributed by atoms with Crippen molar-refractivity contribution in [3.05, 3.63) is 35.9 Å². The lowest BCUT2D eigenvalue weighted by Crippen LogP contribution is -2.60. The van der Waals surface area contributed by atoms with Crippen LogP contribution in [0.4, 0.5) is 0 Å². The van der Waals surface area contributed by atoms with Crippen LogP contribution in [0.25, 0.3) is 0 Å². The Kier molecular flexibility index (Phi) is 7.51. The maximum absolute atomic E-state index is 13.2. The van der Waals surface area contributed by atoms with Gasteiger partial charge in [-0.2, -0.15) is 0 Å². The minimum Gasteiger partial charge on any atom is -0.344 e. The summed E-state index contributed by atoms with van der Waals surface area (Å²) in [4.78, 5) is 42.2. The first-order valence-electron chi connectivity index (χ1n) is 11.3. The van der Waals surface area contributed by atoms with Gasteiger partial charge >= 0.3 is 0 Å². The highest BCUT2D eigenvalue weighted by molar-refractivity contribution is 5.89. The first kappa shape index (κ1) is 22.3. The highest BCUT2D eigenvalue weighted by atomic mass is 16.2. The van der Waals surface area contributed by atoms with E-state index < -0.39 is 6.04 Å². The predicted octanol–water partition coefficient (Wildman–Crippen LogP) is 2.62. The Bertz CT molecular complexity index is 743. The van der Waals surface area contributed by atoms with Crippen molar-refractivity contribution in [3.8, 4) is 0 Å². The van der Waals surface area contributed by atoms with Crippen molar-refractivity contribution in [3.63, 3.8) is 0 Å². The molecule has 0 radical (unpaired) electrons. The quantitative estimate of drug-likeness (QED) is 0.779. The van der Waals surface area contributed by atoms with Crippen LogP contribution in [0.2, 0.25) is 0 Å². The number of nitrogens with zero attached hydrogens (tertiary/aromatic N) is 2. The molecule has 30 heavy (non-hydrogen) atoms. The molecule has 1 N–H and O–H groups in total. The van der Waals surface area contributed by atoms with E-state index in [9.17, 15) is 14.4 Å². The Morgan fingerprint density at radius 2 is 1.73 bits per heavy atom. The van der Waals surface area contributed by atoms with E-state index >= 15 is 0 Å². The number of amides is 3. The van der Waals surface area contributed by atoms with Gasteiger partial charge in [-0.05, 0) is 31.2 Å². The second-order valence-electron chi connectivity index (χ2n) is 9.09. The van der Waals surface area contributed by atoms with Crippen LogP contribution in [0.15, 0.2) is 30.3 Å². The smallest absolute Gasteiger partial charge is 0.245 e. The van der Waals surface area contributed by atoms with Gasteiger partial charge in [0.2, 0.25) is 17.7 Å². The minimum atomic E-state index is -0.503. The van der Waals surface area contributed by atoms with Crippen molar-refractivity contribution >= 4 is 17.7 Å². The van der Waals surface area contributed by atoms with Gasteiger partial charge in [-0.1, -0.05) is 57.0 Å². The number of carbonyl (C=O) groups is 3. The first-order valence-corrected chi connectivity index (χ1v) is 11.3. The first-order chi connectivity index (χ1) is 14.4. The second kappa shape index (κ2) is 10.1. The van der Waals surface area contributed by atoms with Gasteiger partial charge in [-0.25, -0.2) is 0 Å². The molecule has 2 atom stereocenters. The molecular formula is C24H35N3O3. The van der Waals surface area contributed by atoms with Gasteiger partial charge in [0.25, 0.3) is 0 Å². The average molecular weight is 414 g/mol. The van der Waals surface area contributed by atoms with Gasteiger partial charge in [0.05, 0.1) is 6.42 Å². The van der Waals surface area contributed by atoms with Crippen molar-refractivity contribution < 1.29 is 14.4 Å². The van der Waals surface area contributed by atoms with E-state index in [4.69, 9.17) is 0 Å². The molecule has 1 aromatic rings. The highest BCUT2D eigenvalue weighted by Crippen LogP contribution is 2.25. The van der Waals surface area contributed by atoms with Gasteiger partial charge in [0.15, 0.2) is 0 Å². The molecule has 2 aliphatic rings. The van der Waals surface area contributed by atoms with Crippen LogP contribution in [0.3, 0.4) is 0 Å². The van der Waals surface area contributed by atoms with E-state index in [1.807, 2.05) is 60.9 Å². The van der Waals surface area contributed by atoms with Gasteiger partial charge in [-0.15, -0.1) is 0 Å². The number of hydrogen-bond donors (Lipinski definition) is 1. The molecule has 0 aromatic heterocycles. The summed E-state index contributed by atoms with van der Waals surface area (Å²) in [6.07, 6.45) is 4.41. The van der Waals surface area contributed by atoms with Gasteiger partial charge in [-0.3, -0.25) is 14.4 Å². The van der Waals surface area contributed by atoms with E-state index in [1.165, 1.54) is 0 Å². The number of carbonyl (C=O) groups excluding carboxylic acids is 3. The van der Waals surface area contributed by atoms with Gasteiger partial charge < -0.3 is 15.1 Å². The summed E-state index contributed by atoms with van der Waals surface area (Å²) in [7, 11) is 0. The van der Waals surface area contributed by atoms with Crippen LogP contribution < -0.4 is 5.32 Å². The maximum Gasteiger partial charge on any atom is 0.245 e. The Hall–Kier alpha value is -2.37. The van der Waals surface area contributed by atoms with Gasteiger partial charge in [0, 0.05) is 31.6 Å². The summed E-state index contributed by atoms with van der Waals surface area (Å²) in [5, 5.41) is 3.03. The van der Waals surface area contributed by atoms with Crippen molar-refractivity contribution in [2.45, 2.75) is 65.0 Å². The molecule has 1 saturated heterocycles. The Morgan fingerprint density at radius 1 is 1.07 bits per heavy atom. The lowest BCUT2D eigenvalue weighted by molar-refractivity contribution is -0.145. The fourth-order valence-electron chi connectivity index (χ4n) is 4.57. The predicted molar refractivity (Wildman–Crippen MR) is 117 cm³/mol. The third-order valence-electron chi connectivity index (χ3n) is 6.41. The zero-order chi connectivity index (χ0) is 21.7. The lowest BCUT2D eigenvalue weighted by Gasteiger charge is -2.41. The Labute approximate surface area is 180 Å². The van der Waals surface area contributed by atoms with Crippen LogP contribution in [0.5, 0.6) is 0 Å². The Balaban J connectivity index is 1.57. The average Bonchev–Trinajstić information content (AvgIpc) is 3.26. The molecular weight excluding hydrogens is 378 g/mol. The monoisotopic (exact) mass is 413 g/mol. The standard InChI is InChI=1S/C24H35N3O3/c1-17(2)22(25-23(29)20-11-7-8-12-20)24(30)26-13-14-27(18(3)16-26)21(28)15-19-9-5-4-6-10-19/h4-6,9-10,17-18,20,22H,7-8,11-16H2,1-3H3,(H,25,29). The molecule has 3 rings (SSSR count). The highest BCUT2D eigenvalue weighted by Gasteiger charge is 2.35. The van der Waals surface area contributed by atoms with Crippen LogP contribution in [0, 0.1) is 11.8 Å². The van der Waals surface area contributed by atoms with Crippen LogP contribution in [-0.4, -0.2) is 59.2 Å². The summed E-state index contributed by atoms with van der Waals surface area (Å²) >= 11 is 0. The zero-order valence-corrected chi connectivity index (χ0v) is 18.5. The molecule has 3 amide bonds. The number of rotatable bonds is 6. The van der Waals surface area contributed by atoms with Crippen molar-refractivity contribution in [2.75, 3.05) is 19.6 Å². The molecule has 1 heterocycles. The fraction of sp³-hybridized carbons (Fsp3) is 0.625. The van der Waals surface area contributed by atoms with E-state index in [-0.39, 0.29) is 35.6 Å². The second-order valence-corrected chi connectivity index (χ2v) is 9.09. The summed E-state index contributed by atoms with van der Waals surface area (Å²) in [6, 6.07) is 9.19. The molecule has 6 heteroatoms. The van der Waals surface area contributed by atoms with Crippen LogP contribution in [0.1, 0.15) is 52.0 Å². The molecule has 2 unspecified atom stereocenters. The minimum absolute atomic E-state index is 0.0178. The molecule has 164 valence electrons. The lowest BCUT2D eigenvalue weighted by atomic mass is 9.99. The summed E-state index contributed by atoms with van der Waals surface area (Å²) in [5.41, 5.74) is 1.00. The molecule has 0 bridgehead atoms. The fourth-order valence-corrected chi connectivity index (χ4v) is 4.57. The Morgan fingerprint density at radius 3 is 2.33 bits per heavy atom. The molecule has 1 aliphatic carbocycles. The zero-order valence-electron chi connectivity index (χ0n) is 18.5. The number of hydrogen-bond acceptors (Lipinski definition) is 3. The van der Waals surface area contributed by atoms with E-state index in [1.54, 1.807) is 0 Å². The van der Waals surface area contributed by atoms with Gasteiger partial charge in [0.1, 0.15) is 6.04 Å². The van der Waals surface area contributed by atoms with E-state index in [0.29, 0.717) is 26.1 Å². The van der Waals surface area contributed by atoms with E-state index in [0.717, 1.165) is 31.2 Å². The largest absolute Gasteiger partial charge is 0.344 e. The van der Waals surface area contributed by atoms with Crippen molar-refractivity contribution in [1.29, 1.82) is 0 Å². The third-order valence-corrected chi connectivity index (χ3v) is 6.41. The topological polar surface area (TPSA) is 69.7 Å². The molecule has 1 saturated carbocycles. The molecule has 1 aliphatic heterocycles. The number of piperazine rings is 1. The summed E-state index contributed by atoms with van der Waals surface area (Å²) in [5.74, 6) is 0.153. The third kappa shape index (κ3) is 5.41. The van der Waals surface area contributed by atoms with Crippen LogP contribution in [-0.2, 0) is 20.8 Å². The summed E-state index contributed by atoms with van der Waals surface area (Å²) in [6.45, 7) is 7.47. The molecule has 0 spiro atoms. The van der Waals surface area contributed by atoms with E-state index in [2.05, 4.69) is 5.32 Å². The maximum atomic E-state index is 13.2. The van der Waals surface area contributed by atoms with Crippen LogP contribution >= 0.6 is 0 Å². The molecule has 1 aromatic carbocycles. The molecule has 6 nitrogen and oxygen atoms in total. The number of benzene rings is 1.